The Morgan fingerprint density at radius 3 is 2.24 bits per heavy atom. The first kappa shape index (κ1) is 23.9. The van der Waals surface area contributed by atoms with Crippen LogP contribution in [0.25, 0.3) is 0 Å². The van der Waals surface area contributed by atoms with Crippen molar-refractivity contribution in [2.75, 3.05) is 16.2 Å². The summed E-state index contributed by atoms with van der Waals surface area (Å²) in [4.78, 5) is 23.6. The van der Waals surface area contributed by atoms with Crippen molar-refractivity contribution in [2.24, 2.45) is 0 Å². The first-order valence-corrected chi connectivity index (χ1v) is 12.0. The molecular formula is C24H25N3O5S. The maximum absolute atomic E-state index is 13.4. The summed E-state index contributed by atoms with van der Waals surface area (Å²) in [6.07, 6.45) is 3.08. The monoisotopic (exact) mass is 467 g/mol. The number of hydrogen-bond acceptors (Lipinski definition) is 5. The topological polar surface area (TPSA) is 110 Å². The van der Waals surface area contributed by atoms with Crippen LogP contribution >= 0.6 is 0 Å². The standard InChI is InChI=1S/C24H25N3O5S/c1-2-3-9-19-14-16-20(17-15-19)25-24(28)18-26(22-12-7-8-13-23(22)27(29)30)33(31,32)21-10-5-4-6-11-21/h4-8,10-17H,2-3,9,18H2,1H3,(H,25,28). The van der Waals surface area contributed by atoms with Crippen LogP contribution in [0.15, 0.2) is 83.8 Å². The fraction of sp³-hybridized carbons (Fsp3) is 0.208. The molecule has 0 aliphatic rings. The zero-order valence-corrected chi connectivity index (χ0v) is 19.0. The molecule has 3 rings (SSSR count). The second-order valence-electron chi connectivity index (χ2n) is 7.42. The summed E-state index contributed by atoms with van der Waals surface area (Å²) < 4.78 is 27.5. The number of unbranched alkanes of at least 4 members (excludes halogenated alkanes) is 1. The number of nitrogens with one attached hydrogen (secondary N) is 1. The molecule has 0 aromatic heterocycles. The van der Waals surface area contributed by atoms with Crippen LogP contribution in [0.2, 0.25) is 0 Å². The van der Waals surface area contributed by atoms with Crippen molar-refractivity contribution < 1.29 is 18.1 Å². The minimum Gasteiger partial charge on any atom is -0.325 e. The highest BCUT2D eigenvalue weighted by Crippen LogP contribution is 2.32. The number of rotatable bonds is 10. The summed E-state index contributed by atoms with van der Waals surface area (Å²) in [7, 11) is -4.25. The van der Waals surface area contributed by atoms with Crippen molar-refractivity contribution in [1.29, 1.82) is 0 Å². The summed E-state index contributed by atoms with van der Waals surface area (Å²) in [6.45, 7) is 1.49. The van der Waals surface area contributed by atoms with Gasteiger partial charge in [-0.3, -0.25) is 14.9 Å². The molecule has 0 heterocycles. The van der Waals surface area contributed by atoms with Gasteiger partial charge in [-0.2, -0.15) is 0 Å². The van der Waals surface area contributed by atoms with Gasteiger partial charge in [0.05, 0.1) is 9.82 Å². The van der Waals surface area contributed by atoms with Gasteiger partial charge >= 0.3 is 0 Å². The zero-order chi connectivity index (χ0) is 23.8. The number of nitro groups is 1. The minimum atomic E-state index is -4.25. The van der Waals surface area contributed by atoms with E-state index in [0.29, 0.717) is 5.69 Å². The Hall–Kier alpha value is -3.72. The Morgan fingerprint density at radius 1 is 0.970 bits per heavy atom. The van der Waals surface area contributed by atoms with Crippen LogP contribution in [0.5, 0.6) is 0 Å². The molecule has 172 valence electrons. The van der Waals surface area contributed by atoms with Gasteiger partial charge in [-0.25, -0.2) is 12.7 Å². The molecule has 0 aliphatic heterocycles. The number of anilines is 2. The first-order chi connectivity index (χ1) is 15.8. The second-order valence-corrected chi connectivity index (χ2v) is 9.28. The summed E-state index contributed by atoms with van der Waals surface area (Å²) in [5.41, 5.74) is 1.06. The summed E-state index contributed by atoms with van der Waals surface area (Å²) in [5.74, 6) is -0.617. The Labute approximate surface area is 193 Å². The van der Waals surface area contributed by atoms with E-state index in [4.69, 9.17) is 0 Å². The van der Waals surface area contributed by atoms with E-state index in [1.54, 1.807) is 30.3 Å². The van der Waals surface area contributed by atoms with E-state index < -0.39 is 33.1 Å². The fourth-order valence-corrected chi connectivity index (χ4v) is 4.77. The summed E-state index contributed by atoms with van der Waals surface area (Å²) in [6, 6.07) is 20.3. The third kappa shape index (κ3) is 5.95. The number of carbonyl (C=O) groups excluding carboxylic acids is 1. The Morgan fingerprint density at radius 2 is 1.61 bits per heavy atom. The number of aryl methyl sites for hydroxylation is 1. The van der Waals surface area contributed by atoms with Crippen molar-refractivity contribution in [1.82, 2.24) is 0 Å². The van der Waals surface area contributed by atoms with Gasteiger partial charge in [-0.15, -0.1) is 0 Å². The molecule has 0 atom stereocenters. The average Bonchev–Trinajstić information content (AvgIpc) is 2.82. The van der Waals surface area contributed by atoms with Crippen LogP contribution in [0.3, 0.4) is 0 Å². The van der Waals surface area contributed by atoms with E-state index >= 15 is 0 Å². The third-order valence-electron chi connectivity index (χ3n) is 5.02. The van der Waals surface area contributed by atoms with Gasteiger partial charge in [-0.1, -0.05) is 55.8 Å². The molecule has 0 radical (unpaired) electrons. The zero-order valence-electron chi connectivity index (χ0n) is 18.2. The van der Waals surface area contributed by atoms with E-state index in [0.717, 1.165) is 29.1 Å². The van der Waals surface area contributed by atoms with Crippen molar-refractivity contribution in [3.05, 3.63) is 94.5 Å². The lowest BCUT2D eigenvalue weighted by Gasteiger charge is -2.23. The van der Waals surface area contributed by atoms with E-state index in [1.165, 1.54) is 36.4 Å². The van der Waals surface area contributed by atoms with Gasteiger partial charge in [0.15, 0.2) is 0 Å². The largest absolute Gasteiger partial charge is 0.325 e. The number of hydrogen-bond donors (Lipinski definition) is 1. The Bertz CT molecular complexity index is 1210. The van der Waals surface area contributed by atoms with Crippen LogP contribution in [0.4, 0.5) is 17.1 Å². The summed E-state index contributed by atoms with van der Waals surface area (Å²) >= 11 is 0. The van der Waals surface area contributed by atoms with Gasteiger partial charge in [0.25, 0.3) is 15.7 Å². The molecule has 0 spiro atoms. The Kier molecular flexibility index (Phi) is 7.78. The molecule has 3 aromatic carbocycles. The molecule has 0 saturated heterocycles. The number of sulfonamides is 1. The highest BCUT2D eigenvalue weighted by Gasteiger charge is 2.31. The molecule has 33 heavy (non-hydrogen) atoms. The van der Waals surface area contributed by atoms with Crippen molar-refractivity contribution >= 4 is 33.0 Å². The molecule has 0 aliphatic carbocycles. The molecule has 0 fully saturated rings. The predicted octanol–water partition coefficient (Wildman–Crippen LogP) is 4.77. The Balaban J connectivity index is 1.91. The molecule has 0 bridgehead atoms. The molecule has 1 amide bonds. The fourth-order valence-electron chi connectivity index (χ4n) is 3.32. The smallest absolute Gasteiger partial charge is 0.293 e. The van der Waals surface area contributed by atoms with E-state index in [1.807, 2.05) is 12.1 Å². The van der Waals surface area contributed by atoms with Gasteiger partial charge in [-0.05, 0) is 48.7 Å². The van der Waals surface area contributed by atoms with Crippen molar-refractivity contribution in [3.63, 3.8) is 0 Å². The predicted molar refractivity (Wildman–Crippen MR) is 128 cm³/mol. The number of amides is 1. The molecule has 1 N–H and O–H groups in total. The lowest BCUT2D eigenvalue weighted by molar-refractivity contribution is -0.384. The number of carbonyl (C=O) groups is 1. The number of nitro benzene ring substituents is 1. The van der Waals surface area contributed by atoms with Crippen LogP contribution in [-0.4, -0.2) is 25.8 Å². The molecule has 0 unspecified atom stereocenters. The molecule has 9 heteroatoms. The molecule has 0 saturated carbocycles. The third-order valence-corrected chi connectivity index (χ3v) is 6.80. The quantitative estimate of drug-likeness (QED) is 0.341. The van der Waals surface area contributed by atoms with Crippen LogP contribution in [0.1, 0.15) is 25.3 Å². The maximum atomic E-state index is 13.4. The van der Waals surface area contributed by atoms with Gasteiger partial charge < -0.3 is 5.32 Å². The SMILES string of the molecule is CCCCc1ccc(NC(=O)CN(c2ccccc2[N+](=O)[O-])S(=O)(=O)c2ccccc2)cc1. The second kappa shape index (κ2) is 10.7. The highest BCUT2D eigenvalue weighted by molar-refractivity contribution is 7.92. The van der Waals surface area contributed by atoms with Crippen LogP contribution in [0, 0.1) is 10.1 Å². The first-order valence-electron chi connectivity index (χ1n) is 10.5. The lowest BCUT2D eigenvalue weighted by atomic mass is 10.1. The molecular weight excluding hydrogens is 442 g/mol. The normalized spacial score (nSPS) is 11.1. The van der Waals surface area contributed by atoms with Gasteiger partial charge in [0.1, 0.15) is 12.2 Å². The molecule has 8 nitrogen and oxygen atoms in total. The van der Waals surface area contributed by atoms with Crippen molar-refractivity contribution in [2.45, 2.75) is 31.1 Å². The van der Waals surface area contributed by atoms with Gasteiger partial charge in [0, 0.05) is 11.8 Å². The van der Waals surface area contributed by atoms with E-state index in [-0.39, 0.29) is 10.6 Å². The highest BCUT2D eigenvalue weighted by atomic mass is 32.2. The minimum absolute atomic E-state index is 0.0729. The maximum Gasteiger partial charge on any atom is 0.293 e. The van der Waals surface area contributed by atoms with Gasteiger partial charge in [0.2, 0.25) is 5.91 Å². The average molecular weight is 468 g/mol. The number of benzene rings is 3. The number of para-hydroxylation sites is 2. The van der Waals surface area contributed by atoms with Crippen LogP contribution in [-0.2, 0) is 21.2 Å². The lowest BCUT2D eigenvalue weighted by Crippen LogP contribution is -2.38. The molecule has 3 aromatic rings. The summed E-state index contributed by atoms with van der Waals surface area (Å²) in [5, 5.41) is 14.2. The number of nitrogens with zero attached hydrogens (tertiary/aromatic N) is 2. The van der Waals surface area contributed by atoms with Crippen molar-refractivity contribution in [3.8, 4) is 0 Å². The van der Waals surface area contributed by atoms with Crippen LogP contribution < -0.4 is 9.62 Å². The van der Waals surface area contributed by atoms with E-state index in [2.05, 4.69) is 12.2 Å². The van der Waals surface area contributed by atoms with E-state index in [9.17, 15) is 23.3 Å².